The van der Waals surface area contributed by atoms with Crippen LogP contribution in [-0.4, -0.2) is 79.1 Å². The highest BCUT2D eigenvalue weighted by molar-refractivity contribution is 7.98. The molecule has 0 spiro atoms. The van der Waals surface area contributed by atoms with Gasteiger partial charge in [-0.15, -0.1) is 11.8 Å². The Bertz CT molecular complexity index is 686. The summed E-state index contributed by atoms with van der Waals surface area (Å²) in [6.07, 6.45) is 5.07. The maximum atomic E-state index is 12.7. The third-order valence-electron chi connectivity index (χ3n) is 4.84. The molecule has 1 aromatic heterocycles. The SMILES string of the molecule is CSc1ncccc1C(=O)N1CCN(C2CCS(=O)(=O)CC2)CC1. The Morgan fingerprint density at radius 3 is 2.50 bits per heavy atom. The molecule has 8 heteroatoms. The molecule has 0 aromatic carbocycles. The minimum atomic E-state index is -2.82. The normalized spacial score (nSPS) is 22.5. The molecule has 2 aliphatic rings. The van der Waals surface area contributed by atoms with Crippen molar-refractivity contribution in [1.82, 2.24) is 14.8 Å². The van der Waals surface area contributed by atoms with Crippen LogP contribution in [0.2, 0.25) is 0 Å². The van der Waals surface area contributed by atoms with Crippen molar-refractivity contribution in [1.29, 1.82) is 0 Å². The first-order valence-electron chi connectivity index (χ1n) is 8.23. The highest BCUT2D eigenvalue weighted by Gasteiger charge is 2.31. The van der Waals surface area contributed by atoms with Crippen molar-refractivity contribution in [3.63, 3.8) is 0 Å². The molecule has 1 aromatic rings. The summed E-state index contributed by atoms with van der Waals surface area (Å²) in [6, 6.07) is 3.97. The Morgan fingerprint density at radius 2 is 1.88 bits per heavy atom. The smallest absolute Gasteiger partial charge is 0.256 e. The van der Waals surface area contributed by atoms with Crippen LogP contribution in [0, 0.1) is 0 Å². The summed E-state index contributed by atoms with van der Waals surface area (Å²) in [5, 5.41) is 0.766. The lowest BCUT2D eigenvalue weighted by molar-refractivity contribution is 0.0554. The van der Waals surface area contributed by atoms with E-state index in [1.807, 2.05) is 17.2 Å². The maximum absolute atomic E-state index is 12.7. The average molecular weight is 370 g/mol. The molecule has 0 N–H and O–H groups in total. The minimum absolute atomic E-state index is 0.0401. The van der Waals surface area contributed by atoms with Crippen molar-refractivity contribution in [3.8, 4) is 0 Å². The third-order valence-corrected chi connectivity index (χ3v) is 7.26. The van der Waals surface area contributed by atoms with E-state index in [-0.39, 0.29) is 5.91 Å². The summed E-state index contributed by atoms with van der Waals surface area (Å²) >= 11 is 1.48. The standard InChI is InChI=1S/C16H23N3O3S2/c1-23-15-14(3-2-6-17-15)16(20)19-9-7-18(8-10-19)13-4-11-24(21,22)12-5-13/h2-3,6,13H,4-5,7-12H2,1H3. The van der Waals surface area contributed by atoms with Crippen molar-refractivity contribution >= 4 is 27.5 Å². The fourth-order valence-corrected chi connectivity index (χ4v) is 5.43. The topological polar surface area (TPSA) is 70.6 Å². The molecule has 0 atom stereocenters. The monoisotopic (exact) mass is 369 g/mol. The van der Waals surface area contributed by atoms with Gasteiger partial charge in [-0.25, -0.2) is 13.4 Å². The Kier molecular flexibility index (Phi) is 5.46. The minimum Gasteiger partial charge on any atom is -0.336 e. The second kappa shape index (κ2) is 7.41. The highest BCUT2D eigenvalue weighted by Crippen LogP contribution is 2.22. The van der Waals surface area contributed by atoms with Gasteiger partial charge in [0.1, 0.15) is 14.9 Å². The number of amides is 1. The molecule has 132 valence electrons. The second-order valence-electron chi connectivity index (χ2n) is 6.27. The number of aromatic nitrogens is 1. The van der Waals surface area contributed by atoms with E-state index < -0.39 is 9.84 Å². The fourth-order valence-electron chi connectivity index (χ4n) is 3.42. The lowest BCUT2D eigenvalue weighted by Gasteiger charge is -2.40. The van der Waals surface area contributed by atoms with Crippen LogP contribution in [0.5, 0.6) is 0 Å². The Balaban J connectivity index is 1.58. The molecule has 0 saturated carbocycles. The molecule has 0 radical (unpaired) electrons. The van der Waals surface area contributed by atoms with Crippen molar-refractivity contribution in [2.45, 2.75) is 23.9 Å². The molecule has 2 fully saturated rings. The number of thioether (sulfide) groups is 1. The predicted molar refractivity (Wildman–Crippen MR) is 95.2 cm³/mol. The zero-order valence-corrected chi connectivity index (χ0v) is 15.5. The van der Waals surface area contributed by atoms with Gasteiger partial charge < -0.3 is 4.90 Å². The summed E-state index contributed by atoms with van der Waals surface area (Å²) in [5.74, 6) is 0.631. The molecule has 3 rings (SSSR count). The molecule has 3 heterocycles. The molecule has 0 unspecified atom stereocenters. The summed E-state index contributed by atoms with van der Waals surface area (Å²) < 4.78 is 23.1. The van der Waals surface area contributed by atoms with Gasteiger partial charge >= 0.3 is 0 Å². The Hall–Kier alpha value is -1.12. The second-order valence-corrected chi connectivity index (χ2v) is 9.37. The number of sulfone groups is 1. The number of hydrogen-bond donors (Lipinski definition) is 0. The number of pyridine rings is 1. The third kappa shape index (κ3) is 3.92. The van der Waals surface area contributed by atoms with Crippen LogP contribution in [0.15, 0.2) is 23.4 Å². The molecule has 0 bridgehead atoms. The highest BCUT2D eigenvalue weighted by atomic mass is 32.2. The van der Waals surface area contributed by atoms with Crippen LogP contribution in [-0.2, 0) is 9.84 Å². The van der Waals surface area contributed by atoms with E-state index >= 15 is 0 Å². The van der Waals surface area contributed by atoms with Gasteiger partial charge in [0.05, 0.1) is 17.1 Å². The van der Waals surface area contributed by atoms with Crippen molar-refractivity contribution in [2.75, 3.05) is 43.9 Å². The molecule has 1 amide bonds. The molecule has 2 aliphatic heterocycles. The van der Waals surface area contributed by atoms with E-state index in [0.29, 0.717) is 36.2 Å². The van der Waals surface area contributed by atoms with E-state index in [4.69, 9.17) is 0 Å². The van der Waals surface area contributed by atoms with Gasteiger partial charge in [-0.05, 0) is 31.2 Å². The van der Waals surface area contributed by atoms with E-state index in [1.54, 1.807) is 12.3 Å². The van der Waals surface area contributed by atoms with Crippen molar-refractivity contribution in [3.05, 3.63) is 23.9 Å². The fraction of sp³-hybridized carbons (Fsp3) is 0.625. The molecule has 2 saturated heterocycles. The van der Waals surface area contributed by atoms with Gasteiger partial charge in [-0.3, -0.25) is 9.69 Å². The summed E-state index contributed by atoms with van der Waals surface area (Å²) in [4.78, 5) is 21.2. The number of carbonyl (C=O) groups excluding carboxylic acids is 1. The summed E-state index contributed by atoms with van der Waals surface area (Å²) in [5.41, 5.74) is 0.669. The van der Waals surface area contributed by atoms with E-state index in [0.717, 1.165) is 31.0 Å². The summed E-state index contributed by atoms with van der Waals surface area (Å²) in [7, 11) is -2.82. The molecule has 24 heavy (non-hydrogen) atoms. The van der Waals surface area contributed by atoms with Gasteiger partial charge in [0.2, 0.25) is 0 Å². The zero-order valence-electron chi connectivity index (χ0n) is 13.8. The van der Waals surface area contributed by atoms with E-state index in [2.05, 4.69) is 9.88 Å². The predicted octanol–water partition coefficient (Wildman–Crippen LogP) is 1.14. The van der Waals surface area contributed by atoms with E-state index in [1.165, 1.54) is 11.8 Å². The Labute approximate surface area is 147 Å². The molecular formula is C16H23N3O3S2. The van der Waals surface area contributed by atoms with Gasteiger partial charge in [0.15, 0.2) is 0 Å². The maximum Gasteiger partial charge on any atom is 0.256 e. The number of carbonyl (C=O) groups is 1. The van der Waals surface area contributed by atoms with Crippen molar-refractivity contribution < 1.29 is 13.2 Å². The van der Waals surface area contributed by atoms with Gasteiger partial charge in [-0.2, -0.15) is 0 Å². The van der Waals surface area contributed by atoms with E-state index in [9.17, 15) is 13.2 Å². The van der Waals surface area contributed by atoms with Gasteiger partial charge in [0, 0.05) is 38.4 Å². The van der Waals surface area contributed by atoms with Crippen LogP contribution >= 0.6 is 11.8 Å². The molecule has 6 nitrogen and oxygen atoms in total. The zero-order chi connectivity index (χ0) is 17.2. The molecular weight excluding hydrogens is 346 g/mol. The van der Waals surface area contributed by atoms with Crippen molar-refractivity contribution in [2.24, 2.45) is 0 Å². The number of hydrogen-bond acceptors (Lipinski definition) is 6. The number of rotatable bonds is 3. The first-order valence-corrected chi connectivity index (χ1v) is 11.3. The van der Waals surface area contributed by atoms with Crippen LogP contribution in [0.4, 0.5) is 0 Å². The quantitative estimate of drug-likeness (QED) is 0.744. The first-order chi connectivity index (χ1) is 11.5. The van der Waals surface area contributed by atoms with Crippen LogP contribution < -0.4 is 0 Å². The summed E-state index contributed by atoms with van der Waals surface area (Å²) in [6.45, 7) is 2.99. The number of nitrogens with zero attached hydrogens (tertiary/aromatic N) is 3. The van der Waals surface area contributed by atoms with Crippen LogP contribution in [0.1, 0.15) is 23.2 Å². The molecule has 0 aliphatic carbocycles. The average Bonchev–Trinajstić information content (AvgIpc) is 2.61. The lowest BCUT2D eigenvalue weighted by Crippen LogP contribution is -2.53. The number of piperazine rings is 1. The van der Waals surface area contributed by atoms with Crippen LogP contribution in [0.25, 0.3) is 0 Å². The van der Waals surface area contributed by atoms with Crippen LogP contribution in [0.3, 0.4) is 0 Å². The van der Waals surface area contributed by atoms with Gasteiger partial charge in [-0.1, -0.05) is 0 Å². The Morgan fingerprint density at radius 1 is 1.21 bits per heavy atom. The first kappa shape index (κ1) is 17.7. The van der Waals surface area contributed by atoms with Gasteiger partial charge in [0.25, 0.3) is 5.91 Å². The lowest BCUT2D eigenvalue weighted by atomic mass is 10.1. The largest absolute Gasteiger partial charge is 0.336 e.